The molecule has 1 amide bonds. The maximum Gasteiger partial charge on any atom is 0.226 e. The van der Waals surface area contributed by atoms with Gasteiger partial charge in [-0.05, 0) is 42.4 Å². The van der Waals surface area contributed by atoms with Crippen molar-refractivity contribution in [1.29, 1.82) is 0 Å². The molecule has 2 heterocycles. The number of halogens is 1. The minimum atomic E-state index is -0.269. The van der Waals surface area contributed by atoms with Crippen LogP contribution in [-0.4, -0.2) is 50.8 Å². The summed E-state index contributed by atoms with van der Waals surface area (Å²) in [6.45, 7) is 3.88. The molecule has 1 atom stereocenters. The average molecular weight is 335 g/mol. The fourth-order valence-electron chi connectivity index (χ4n) is 4.06. The molecule has 0 radical (unpaired) electrons. The molecule has 0 saturated carbocycles. The van der Waals surface area contributed by atoms with Crippen LogP contribution in [0, 0.1) is 17.2 Å². The van der Waals surface area contributed by atoms with Crippen molar-refractivity contribution in [2.75, 3.05) is 40.0 Å². The lowest BCUT2D eigenvalue weighted by atomic mass is 9.66. The molecule has 1 aromatic carbocycles. The lowest BCUT2D eigenvalue weighted by molar-refractivity contribution is -0.137. The molecule has 0 bridgehead atoms. The summed E-state index contributed by atoms with van der Waals surface area (Å²) < 4.78 is 24.0. The van der Waals surface area contributed by atoms with Crippen LogP contribution in [0.25, 0.3) is 0 Å². The molecule has 5 heteroatoms. The molecule has 2 aliphatic heterocycles. The number of ether oxygens (including phenoxy) is 2. The number of rotatable bonds is 4. The molecule has 0 N–H and O–H groups in total. The molecule has 132 valence electrons. The first-order chi connectivity index (χ1) is 11.6. The Morgan fingerprint density at radius 3 is 2.67 bits per heavy atom. The van der Waals surface area contributed by atoms with Gasteiger partial charge in [0.05, 0.1) is 19.6 Å². The highest BCUT2D eigenvalue weighted by Crippen LogP contribution is 2.44. The molecule has 2 fully saturated rings. The number of nitrogens with zero attached hydrogens (tertiary/aromatic N) is 1. The first kappa shape index (κ1) is 17.4. The second-order valence-electron chi connectivity index (χ2n) is 7.02. The van der Waals surface area contributed by atoms with Gasteiger partial charge < -0.3 is 14.4 Å². The molecular weight excluding hydrogens is 309 g/mol. The van der Waals surface area contributed by atoms with Crippen LogP contribution >= 0.6 is 0 Å². The smallest absolute Gasteiger partial charge is 0.226 e. The summed E-state index contributed by atoms with van der Waals surface area (Å²) in [5.41, 5.74) is 1.12. The Labute approximate surface area is 142 Å². The number of methoxy groups -OCH3 is 1. The molecule has 2 saturated heterocycles. The first-order valence-electron chi connectivity index (χ1n) is 8.72. The van der Waals surface area contributed by atoms with E-state index in [0.717, 1.165) is 57.7 Å². The van der Waals surface area contributed by atoms with Gasteiger partial charge in [0.15, 0.2) is 0 Å². The van der Waals surface area contributed by atoms with Crippen LogP contribution in [0.5, 0.6) is 0 Å². The standard InChI is InChI=1S/C19H26FNO3/c1-23-13-16-14-24-11-8-19(16)6-9-21(10-7-19)18(22)12-15-2-4-17(20)5-3-15/h2-5,16H,6-14H2,1H3/t16-/m1/s1. The van der Waals surface area contributed by atoms with Gasteiger partial charge in [-0.3, -0.25) is 4.79 Å². The van der Waals surface area contributed by atoms with Crippen molar-refractivity contribution in [2.45, 2.75) is 25.7 Å². The number of amides is 1. The van der Waals surface area contributed by atoms with Gasteiger partial charge in [-0.2, -0.15) is 0 Å². The lowest BCUT2D eigenvalue weighted by Gasteiger charge is -2.48. The molecule has 24 heavy (non-hydrogen) atoms. The predicted molar refractivity (Wildman–Crippen MR) is 89.2 cm³/mol. The fourth-order valence-corrected chi connectivity index (χ4v) is 4.06. The van der Waals surface area contributed by atoms with Gasteiger partial charge in [-0.1, -0.05) is 12.1 Å². The van der Waals surface area contributed by atoms with Crippen molar-refractivity contribution in [3.05, 3.63) is 35.6 Å². The van der Waals surface area contributed by atoms with Crippen LogP contribution in [0.1, 0.15) is 24.8 Å². The number of benzene rings is 1. The van der Waals surface area contributed by atoms with E-state index in [1.54, 1.807) is 19.2 Å². The number of hydrogen-bond acceptors (Lipinski definition) is 3. The summed E-state index contributed by atoms with van der Waals surface area (Å²) >= 11 is 0. The van der Waals surface area contributed by atoms with Gasteiger partial charge >= 0.3 is 0 Å². The summed E-state index contributed by atoms with van der Waals surface area (Å²) in [5.74, 6) is 0.284. The predicted octanol–water partition coefficient (Wildman–Crippen LogP) is 2.66. The van der Waals surface area contributed by atoms with E-state index in [1.807, 2.05) is 4.90 Å². The third kappa shape index (κ3) is 3.78. The van der Waals surface area contributed by atoms with Crippen molar-refractivity contribution < 1.29 is 18.7 Å². The van der Waals surface area contributed by atoms with Gasteiger partial charge in [0.2, 0.25) is 5.91 Å². The van der Waals surface area contributed by atoms with Crippen LogP contribution in [0.2, 0.25) is 0 Å². The Morgan fingerprint density at radius 2 is 2.00 bits per heavy atom. The molecule has 2 aliphatic rings. The molecule has 0 unspecified atom stereocenters. The number of carbonyl (C=O) groups excluding carboxylic acids is 1. The van der Waals surface area contributed by atoms with Crippen molar-refractivity contribution in [3.63, 3.8) is 0 Å². The summed E-state index contributed by atoms with van der Waals surface area (Å²) in [5, 5.41) is 0. The van der Waals surface area contributed by atoms with Crippen molar-refractivity contribution in [1.82, 2.24) is 4.90 Å². The van der Waals surface area contributed by atoms with Gasteiger partial charge in [-0.25, -0.2) is 4.39 Å². The summed E-state index contributed by atoms with van der Waals surface area (Å²) in [6.07, 6.45) is 3.43. The highest BCUT2D eigenvalue weighted by molar-refractivity contribution is 5.78. The monoisotopic (exact) mass is 335 g/mol. The second kappa shape index (κ2) is 7.62. The first-order valence-corrected chi connectivity index (χ1v) is 8.72. The number of piperidine rings is 1. The number of hydrogen-bond donors (Lipinski definition) is 0. The topological polar surface area (TPSA) is 38.8 Å². The van der Waals surface area contributed by atoms with Gasteiger partial charge in [0, 0.05) is 32.7 Å². The van der Waals surface area contributed by atoms with Crippen LogP contribution in [-0.2, 0) is 20.7 Å². The number of carbonyl (C=O) groups is 1. The highest BCUT2D eigenvalue weighted by Gasteiger charge is 2.43. The second-order valence-corrected chi connectivity index (χ2v) is 7.02. The van der Waals surface area contributed by atoms with Gasteiger partial charge in [-0.15, -0.1) is 0 Å². The Hall–Kier alpha value is -1.46. The van der Waals surface area contributed by atoms with E-state index >= 15 is 0 Å². The molecule has 1 spiro atoms. The van der Waals surface area contributed by atoms with E-state index in [2.05, 4.69) is 0 Å². The zero-order valence-electron chi connectivity index (χ0n) is 14.3. The maximum absolute atomic E-state index is 13.0. The van der Waals surface area contributed by atoms with Crippen LogP contribution < -0.4 is 0 Å². The van der Waals surface area contributed by atoms with E-state index in [-0.39, 0.29) is 17.1 Å². The SMILES string of the molecule is COC[C@@H]1COCCC12CCN(C(=O)Cc1ccc(F)cc1)CC2. The third-order valence-corrected chi connectivity index (χ3v) is 5.68. The Bertz CT molecular complexity index is 550. The van der Waals surface area contributed by atoms with Crippen molar-refractivity contribution in [2.24, 2.45) is 11.3 Å². The minimum Gasteiger partial charge on any atom is -0.384 e. The molecule has 0 aliphatic carbocycles. The third-order valence-electron chi connectivity index (χ3n) is 5.68. The van der Waals surface area contributed by atoms with Gasteiger partial charge in [0.1, 0.15) is 5.82 Å². The molecule has 4 nitrogen and oxygen atoms in total. The van der Waals surface area contributed by atoms with Crippen molar-refractivity contribution in [3.8, 4) is 0 Å². The maximum atomic E-state index is 13.0. The Kier molecular flexibility index (Phi) is 5.51. The molecule has 3 rings (SSSR count). The van der Waals surface area contributed by atoms with Crippen LogP contribution in [0.4, 0.5) is 4.39 Å². The van der Waals surface area contributed by atoms with Crippen LogP contribution in [0.3, 0.4) is 0 Å². The van der Waals surface area contributed by atoms with E-state index in [9.17, 15) is 9.18 Å². The largest absolute Gasteiger partial charge is 0.384 e. The highest BCUT2D eigenvalue weighted by atomic mass is 19.1. The lowest BCUT2D eigenvalue weighted by Crippen LogP contribution is -2.50. The summed E-state index contributed by atoms with van der Waals surface area (Å²) in [4.78, 5) is 14.5. The van der Waals surface area contributed by atoms with E-state index in [1.165, 1.54) is 12.1 Å². The number of likely N-dealkylation sites (tertiary alicyclic amines) is 1. The Balaban J connectivity index is 1.57. The molecule has 1 aromatic rings. The fraction of sp³-hybridized carbons (Fsp3) is 0.632. The summed E-state index contributed by atoms with van der Waals surface area (Å²) in [6, 6.07) is 6.19. The van der Waals surface area contributed by atoms with E-state index in [4.69, 9.17) is 9.47 Å². The average Bonchev–Trinajstić information content (AvgIpc) is 2.60. The van der Waals surface area contributed by atoms with Crippen molar-refractivity contribution >= 4 is 5.91 Å². The zero-order valence-corrected chi connectivity index (χ0v) is 14.3. The quantitative estimate of drug-likeness (QED) is 0.849. The Morgan fingerprint density at radius 1 is 1.29 bits per heavy atom. The van der Waals surface area contributed by atoms with E-state index in [0.29, 0.717) is 12.3 Å². The molecular formula is C19H26FNO3. The van der Waals surface area contributed by atoms with Crippen LogP contribution in [0.15, 0.2) is 24.3 Å². The molecule has 0 aromatic heterocycles. The van der Waals surface area contributed by atoms with E-state index < -0.39 is 0 Å². The summed E-state index contributed by atoms with van der Waals surface area (Å²) in [7, 11) is 1.74. The van der Waals surface area contributed by atoms with Gasteiger partial charge in [0.25, 0.3) is 0 Å². The normalized spacial score (nSPS) is 23.4. The zero-order chi connectivity index (χ0) is 17.0. The minimum absolute atomic E-state index is 0.131.